The number of hydrogen-bond donors (Lipinski definition) is 6. The number of carbonyl (C=O) groups is 3. The molecule has 48 heavy (non-hydrogen) atoms. The summed E-state index contributed by atoms with van der Waals surface area (Å²) in [7, 11) is -13.9. The molecule has 1 heterocycles. The van der Waals surface area contributed by atoms with Crippen molar-refractivity contribution in [1.29, 1.82) is 0 Å². The predicted molar refractivity (Wildman–Crippen MR) is 158 cm³/mol. The molecule has 3 unspecified atom stereocenters. The molecule has 0 amide bonds. The van der Waals surface area contributed by atoms with Crippen LogP contribution < -0.4 is 31.2 Å². The second-order valence-electron chi connectivity index (χ2n) is 10.1. The molecule has 0 aliphatic rings. The van der Waals surface area contributed by atoms with E-state index in [0.717, 1.165) is 0 Å². The lowest BCUT2D eigenvalue weighted by atomic mass is 10.2. The third-order valence-electron chi connectivity index (χ3n) is 5.59. The molecular formula is C21H36N6O18S3. The maximum Gasteiger partial charge on any atom is 0.336 e. The standard InChI is InChI=1S/C21H36N6O18S3/c1-13(22-46(34,35)36)10-16(28)43-7-4-25-19(31)26(5-8-44-17(29)11-14(2)23-47(37,38)39)21(33)27(20(25)32)6-9-45-18(30)12-15(3)24-48(40,41)42/h13-15,22-24H,4-12H2,1-3H3,(H,34,35,36)(H,37,38,39)(H,40,41,42). The minimum absolute atomic E-state index is 0.453. The second-order valence-corrected chi connectivity index (χ2v) is 13.6. The van der Waals surface area contributed by atoms with Gasteiger partial charge in [-0.1, -0.05) is 0 Å². The van der Waals surface area contributed by atoms with Gasteiger partial charge in [-0.25, -0.2) is 28.1 Å². The highest BCUT2D eigenvalue weighted by molar-refractivity contribution is 7.84. The average Bonchev–Trinajstić information content (AvgIpc) is 2.86. The fourth-order valence-electron chi connectivity index (χ4n) is 3.82. The van der Waals surface area contributed by atoms with E-state index in [4.69, 9.17) is 27.9 Å². The fraction of sp³-hybridized carbons (Fsp3) is 0.714. The molecule has 0 bridgehead atoms. The lowest BCUT2D eigenvalue weighted by molar-refractivity contribution is -0.145. The van der Waals surface area contributed by atoms with Crippen molar-refractivity contribution < 1.29 is 67.5 Å². The van der Waals surface area contributed by atoms with Crippen LogP contribution in [0.1, 0.15) is 40.0 Å². The minimum Gasteiger partial charge on any atom is -0.464 e. The Hall–Kier alpha value is -3.57. The molecule has 1 aromatic rings. The first-order valence-electron chi connectivity index (χ1n) is 13.5. The first-order chi connectivity index (χ1) is 21.9. The zero-order valence-corrected chi connectivity index (χ0v) is 28.1. The van der Waals surface area contributed by atoms with Gasteiger partial charge in [0, 0.05) is 18.1 Å². The van der Waals surface area contributed by atoms with Gasteiger partial charge in [0.2, 0.25) is 0 Å². The summed E-state index contributed by atoms with van der Waals surface area (Å²) in [5.74, 6) is -3.01. The number of aromatic nitrogens is 3. The van der Waals surface area contributed by atoms with Crippen LogP contribution in [0.3, 0.4) is 0 Å². The van der Waals surface area contributed by atoms with Gasteiger partial charge >= 0.3 is 65.9 Å². The van der Waals surface area contributed by atoms with Gasteiger partial charge in [0.25, 0.3) is 0 Å². The van der Waals surface area contributed by atoms with E-state index in [1.807, 2.05) is 0 Å². The number of nitrogens with zero attached hydrogens (tertiary/aromatic N) is 3. The van der Waals surface area contributed by atoms with Crippen LogP contribution in [-0.4, -0.2) is 108 Å². The number of nitrogens with one attached hydrogen (secondary N) is 3. The Morgan fingerprint density at radius 1 is 0.542 bits per heavy atom. The summed E-state index contributed by atoms with van der Waals surface area (Å²) in [5.41, 5.74) is -3.75. The van der Waals surface area contributed by atoms with E-state index in [2.05, 4.69) is 0 Å². The van der Waals surface area contributed by atoms with Crippen LogP contribution in [-0.2, 0) is 79.1 Å². The van der Waals surface area contributed by atoms with E-state index in [1.54, 1.807) is 14.2 Å². The molecule has 27 heteroatoms. The zero-order chi connectivity index (χ0) is 37.0. The molecule has 0 saturated heterocycles. The van der Waals surface area contributed by atoms with Gasteiger partial charge in [0.15, 0.2) is 0 Å². The van der Waals surface area contributed by atoms with E-state index in [0.29, 0.717) is 13.7 Å². The Kier molecular flexibility index (Phi) is 16.2. The molecule has 0 aromatic carbocycles. The molecule has 0 saturated carbocycles. The van der Waals surface area contributed by atoms with Gasteiger partial charge in [-0.05, 0) is 20.8 Å². The van der Waals surface area contributed by atoms with Crippen molar-refractivity contribution in [3.63, 3.8) is 0 Å². The van der Waals surface area contributed by atoms with E-state index < -0.39 is 143 Å². The van der Waals surface area contributed by atoms with Crippen molar-refractivity contribution in [2.75, 3.05) is 19.8 Å². The molecule has 0 aliphatic heterocycles. The highest BCUT2D eigenvalue weighted by atomic mass is 32.2. The zero-order valence-electron chi connectivity index (χ0n) is 25.6. The Morgan fingerprint density at radius 2 is 0.750 bits per heavy atom. The van der Waals surface area contributed by atoms with E-state index in [9.17, 15) is 54.0 Å². The summed E-state index contributed by atoms with van der Waals surface area (Å²) >= 11 is 0. The summed E-state index contributed by atoms with van der Waals surface area (Å²) in [6, 6.07) is -3.30. The first kappa shape index (κ1) is 42.5. The molecular weight excluding hydrogens is 720 g/mol. The van der Waals surface area contributed by atoms with Gasteiger partial charge in [0.1, 0.15) is 19.8 Å². The van der Waals surface area contributed by atoms with Gasteiger partial charge in [-0.2, -0.15) is 39.4 Å². The number of hydrogen-bond acceptors (Lipinski definition) is 15. The molecule has 24 nitrogen and oxygen atoms in total. The molecule has 6 N–H and O–H groups in total. The summed E-state index contributed by atoms with van der Waals surface area (Å²) in [4.78, 5) is 75.3. The summed E-state index contributed by atoms with van der Waals surface area (Å²) < 4.78 is 113. The van der Waals surface area contributed by atoms with E-state index in [1.165, 1.54) is 20.8 Å². The SMILES string of the molecule is CC(CC(=O)OCCn1c(=O)n(CCOC(=O)CC(C)NS(=O)(=O)O)c(=O)n(CCOC(=O)CC(C)NS(=O)(=O)O)c1=O)NS(=O)(=O)O. The number of carbonyl (C=O) groups excluding carboxylic acids is 3. The normalized spacial score (nSPS) is 14.1. The Balaban J connectivity index is 3.14. The predicted octanol–water partition coefficient (Wildman–Crippen LogP) is -4.69. The van der Waals surface area contributed by atoms with Crippen LogP contribution in [0.5, 0.6) is 0 Å². The van der Waals surface area contributed by atoms with Crippen LogP contribution in [0.15, 0.2) is 14.4 Å². The summed E-state index contributed by atoms with van der Waals surface area (Å²) in [5, 5.41) is 0. The van der Waals surface area contributed by atoms with Crippen LogP contribution >= 0.6 is 0 Å². The van der Waals surface area contributed by atoms with Crippen LogP contribution in [0.25, 0.3) is 0 Å². The van der Waals surface area contributed by atoms with Gasteiger partial charge in [-0.3, -0.25) is 28.0 Å². The second kappa shape index (κ2) is 18.3. The topological polar surface area (TPSA) is 344 Å². The Labute approximate surface area is 273 Å². The van der Waals surface area contributed by atoms with Crippen molar-refractivity contribution >= 4 is 48.8 Å². The Morgan fingerprint density at radius 3 is 0.938 bits per heavy atom. The molecule has 0 radical (unpaired) electrons. The molecule has 1 rings (SSSR count). The molecule has 0 aliphatic carbocycles. The highest BCUT2D eigenvalue weighted by Crippen LogP contribution is 1.99. The molecule has 3 atom stereocenters. The van der Waals surface area contributed by atoms with E-state index >= 15 is 0 Å². The van der Waals surface area contributed by atoms with Crippen molar-refractivity contribution in [3.8, 4) is 0 Å². The third kappa shape index (κ3) is 17.0. The molecule has 1 aromatic heterocycles. The summed E-state index contributed by atoms with van der Waals surface area (Å²) in [6.45, 7) is -0.214. The smallest absolute Gasteiger partial charge is 0.336 e. The fourth-order valence-corrected chi connectivity index (χ4v) is 5.60. The Bertz CT molecular complexity index is 1580. The first-order valence-corrected chi connectivity index (χ1v) is 17.9. The molecule has 0 fully saturated rings. The van der Waals surface area contributed by atoms with Crippen molar-refractivity contribution in [2.45, 2.75) is 77.8 Å². The number of rotatable bonds is 21. The van der Waals surface area contributed by atoms with Gasteiger partial charge < -0.3 is 14.2 Å². The quantitative estimate of drug-likeness (QED) is 0.0390. The molecule has 276 valence electrons. The summed E-state index contributed by atoms with van der Waals surface area (Å²) in [6.07, 6.45) is -1.69. The number of ether oxygens (including phenoxy) is 3. The van der Waals surface area contributed by atoms with Crippen LogP contribution in [0, 0.1) is 0 Å². The third-order valence-corrected chi connectivity index (χ3v) is 7.69. The molecule has 0 spiro atoms. The number of esters is 3. The lowest BCUT2D eigenvalue weighted by Crippen LogP contribution is -2.55. The van der Waals surface area contributed by atoms with Crippen molar-refractivity contribution in [1.82, 2.24) is 27.9 Å². The minimum atomic E-state index is -4.63. The van der Waals surface area contributed by atoms with Crippen LogP contribution in [0.2, 0.25) is 0 Å². The van der Waals surface area contributed by atoms with Crippen LogP contribution in [0.4, 0.5) is 0 Å². The van der Waals surface area contributed by atoms with E-state index in [-0.39, 0.29) is 0 Å². The average molecular weight is 757 g/mol. The van der Waals surface area contributed by atoms with Crippen molar-refractivity contribution in [2.24, 2.45) is 0 Å². The largest absolute Gasteiger partial charge is 0.464 e. The lowest BCUT2D eigenvalue weighted by Gasteiger charge is -2.15. The van der Waals surface area contributed by atoms with Crippen molar-refractivity contribution in [3.05, 3.63) is 31.5 Å². The maximum absolute atomic E-state index is 13.1. The van der Waals surface area contributed by atoms with Gasteiger partial charge in [0.05, 0.1) is 38.9 Å². The maximum atomic E-state index is 13.1. The highest BCUT2D eigenvalue weighted by Gasteiger charge is 2.20. The monoisotopic (exact) mass is 756 g/mol. The van der Waals surface area contributed by atoms with Gasteiger partial charge in [-0.15, -0.1) is 0 Å².